The van der Waals surface area contributed by atoms with Crippen molar-refractivity contribution in [2.75, 3.05) is 7.05 Å². The van der Waals surface area contributed by atoms with Crippen LogP contribution in [-0.2, 0) is 0 Å². The number of aryl methyl sites for hydroxylation is 2. The number of fused-ring (bicyclic) bond motifs is 1. The molecule has 0 aliphatic heterocycles. The number of hydrogen-bond donors (Lipinski definition) is 0. The first kappa shape index (κ1) is 18.7. The van der Waals surface area contributed by atoms with Crippen LogP contribution in [0.15, 0.2) is 22.7 Å². The Bertz CT molecular complexity index is 1040. The van der Waals surface area contributed by atoms with Crippen LogP contribution in [-0.4, -0.2) is 38.7 Å². The van der Waals surface area contributed by atoms with Crippen LogP contribution in [0.3, 0.4) is 0 Å². The summed E-state index contributed by atoms with van der Waals surface area (Å²) in [6, 6.07) is 4.25. The van der Waals surface area contributed by atoms with Crippen molar-refractivity contribution in [3.05, 3.63) is 35.4 Å². The summed E-state index contributed by atoms with van der Waals surface area (Å²) in [4.78, 5) is 20.2. The highest BCUT2D eigenvalue weighted by Gasteiger charge is 2.33. The molecule has 4 rings (SSSR count). The molecule has 1 unspecified atom stereocenters. The summed E-state index contributed by atoms with van der Waals surface area (Å²) < 4.78 is 7.59. The highest BCUT2D eigenvalue weighted by Crippen LogP contribution is 2.36. The van der Waals surface area contributed by atoms with Crippen LogP contribution in [0.25, 0.3) is 22.3 Å². The maximum Gasteiger partial charge on any atom is 0.254 e. The number of aromatic nitrogens is 3. The summed E-state index contributed by atoms with van der Waals surface area (Å²) in [6.45, 7) is 10.1. The van der Waals surface area contributed by atoms with E-state index in [1.54, 1.807) is 6.20 Å². The highest BCUT2D eigenvalue weighted by molar-refractivity contribution is 6.06. The summed E-state index contributed by atoms with van der Waals surface area (Å²) in [5.74, 6) is 2.27. The lowest BCUT2D eigenvalue weighted by molar-refractivity contribution is 0.0729. The fourth-order valence-electron chi connectivity index (χ4n) is 3.87. The van der Waals surface area contributed by atoms with E-state index in [-0.39, 0.29) is 18.0 Å². The Kier molecular flexibility index (Phi) is 4.52. The van der Waals surface area contributed by atoms with Crippen LogP contribution in [0.4, 0.5) is 0 Å². The van der Waals surface area contributed by atoms with E-state index in [0.29, 0.717) is 11.5 Å². The van der Waals surface area contributed by atoms with Gasteiger partial charge in [-0.3, -0.25) is 4.79 Å². The molecule has 1 aliphatic carbocycles. The quantitative estimate of drug-likeness (QED) is 0.640. The molecule has 3 aromatic heterocycles. The molecule has 3 heterocycles. The largest absolute Gasteiger partial charge is 0.466 e. The van der Waals surface area contributed by atoms with Crippen molar-refractivity contribution in [2.24, 2.45) is 5.92 Å². The molecule has 28 heavy (non-hydrogen) atoms. The van der Waals surface area contributed by atoms with Crippen LogP contribution >= 0.6 is 0 Å². The molecular weight excluding hydrogens is 352 g/mol. The minimum absolute atomic E-state index is 0.0224. The van der Waals surface area contributed by atoms with Crippen molar-refractivity contribution < 1.29 is 9.21 Å². The first-order chi connectivity index (χ1) is 13.3. The van der Waals surface area contributed by atoms with Crippen molar-refractivity contribution in [3.63, 3.8) is 0 Å². The van der Waals surface area contributed by atoms with Crippen molar-refractivity contribution in [1.82, 2.24) is 19.7 Å². The molecule has 0 spiro atoms. The van der Waals surface area contributed by atoms with Gasteiger partial charge in [-0.15, -0.1) is 0 Å². The zero-order valence-corrected chi connectivity index (χ0v) is 17.5. The van der Waals surface area contributed by atoms with E-state index in [2.05, 4.69) is 25.9 Å². The van der Waals surface area contributed by atoms with E-state index in [4.69, 9.17) is 9.40 Å². The SMILES string of the molecule is Cc1cc(-c2cc(C(=O)N(C)C(C)C3CC3)c3cnn(C(C)C)c3n2)c(C)o1. The Morgan fingerprint density at radius 1 is 1.25 bits per heavy atom. The second-order valence-corrected chi connectivity index (χ2v) is 8.30. The van der Waals surface area contributed by atoms with Gasteiger partial charge in [-0.25, -0.2) is 9.67 Å². The summed E-state index contributed by atoms with van der Waals surface area (Å²) in [7, 11) is 1.90. The average molecular weight is 380 g/mol. The Labute approximate surface area is 165 Å². The first-order valence-corrected chi connectivity index (χ1v) is 10.0. The van der Waals surface area contributed by atoms with Gasteiger partial charge in [0, 0.05) is 24.7 Å². The van der Waals surface area contributed by atoms with Gasteiger partial charge in [-0.05, 0) is 65.5 Å². The number of nitrogens with zero attached hydrogens (tertiary/aromatic N) is 4. The molecule has 6 nitrogen and oxygen atoms in total. The zero-order valence-electron chi connectivity index (χ0n) is 17.5. The van der Waals surface area contributed by atoms with Gasteiger partial charge in [0.2, 0.25) is 0 Å². The molecule has 0 saturated heterocycles. The van der Waals surface area contributed by atoms with Gasteiger partial charge < -0.3 is 9.32 Å². The number of furan rings is 1. The van der Waals surface area contributed by atoms with Crippen molar-refractivity contribution in [2.45, 2.75) is 59.5 Å². The predicted octanol–water partition coefficient (Wildman–Crippen LogP) is 4.76. The number of hydrogen-bond acceptors (Lipinski definition) is 4. The number of carbonyl (C=O) groups excluding carboxylic acids is 1. The second kappa shape index (κ2) is 6.76. The summed E-state index contributed by atoms with van der Waals surface area (Å²) in [5, 5.41) is 5.31. The molecule has 148 valence electrons. The van der Waals surface area contributed by atoms with Gasteiger partial charge in [0.15, 0.2) is 5.65 Å². The Hall–Kier alpha value is -2.63. The molecule has 3 aromatic rings. The fraction of sp³-hybridized carbons (Fsp3) is 0.500. The van der Waals surface area contributed by atoms with Crippen LogP contribution in [0.2, 0.25) is 0 Å². The topological polar surface area (TPSA) is 64.2 Å². The summed E-state index contributed by atoms with van der Waals surface area (Å²) in [5.41, 5.74) is 3.06. The standard InChI is InChI=1S/C22H28N4O2/c1-12(2)26-21-19(11-23-26)18(22(27)25(6)14(4)16-7-8-16)10-20(24-21)17-9-13(3)28-15(17)5/h9-12,14,16H,7-8H2,1-6H3. The molecule has 1 fully saturated rings. The van der Waals surface area contributed by atoms with Crippen LogP contribution in [0.1, 0.15) is 61.5 Å². The van der Waals surface area contributed by atoms with Gasteiger partial charge in [0.05, 0.1) is 22.8 Å². The van der Waals surface area contributed by atoms with E-state index in [9.17, 15) is 4.79 Å². The molecule has 0 aromatic carbocycles. The molecule has 1 saturated carbocycles. The van der Waals surface area contributed by atoms with Gasteiger partial charge in [0.1, 0.15) is 11.5 Å². The van der Waals surface area contributed by atoms with E-state index >= 15 is 0 Å². The number of rotatable bonds is 5. The second-order valence-electron chi connectivity index (χ2n) is 8.30. The van der Waals surface area contributed by atoms with E-state index < -0.39 is 0 Å². The summed E-state index contributed by atoms with van der Waals surface area (Å²) in [6.07, 6.45) is 4.17. The minimum atomic E-state index is 0.0224. The number of amides is 1. The van der Waals surface area contributed by atoms with Gasteiger partial charge in [-0.2, -0.15) is 5.10 Å². The molecule has 0 radical (unpaired) electrons. The van der Waals surface area contributed by atoms with E-state index in [1.807, 2.05) is 42.6 Å². The normalized spacial score (nSPS) is 15.4. The Balaban J connectivity index is 1.88. The Morgan fingerprint density at radius 3 is 2.54 bits per heavy atom. The number of carbonyl (C=O) groups is 1. The minimum Gasteiger partial charge on any atom is -0.466 e. The first-order valence-electron chi connectivity index (χ1n) is 10.0. The van der Waals surface area contributed by atoms with Crippen molar-refractivity contribution >= 4 is 16.9 Å². The van der Waals surface area contributed by atoms with Crippen LogP contribution in [0.5, 0.6) is 0 Å². The molecular formula is C22H28N4O2. The third-order valence-electron chi connectivity index (χ3n) is 5.84. The van der Waals surface area contributed by atoms with Crippen LogP contribution < -0.4 is 0 Å². The molecule has 1 atom stereocenters. The van der Waals surface area contributed by atoms with Gasteiger partial charge in [0.25, 0.3) is 5.91 Å². The maximum atomic E-state index is 13.4. The summed E-state index contributed by atoms with van der Waals surface area (Å²) >= 11 is 0. The van der Waals surface area contributed by atoms with Crippen molar-refractivity contribution in [1.29, 1.82) is 0 Å². The zero-order chi connectivity index (χ0) is 20.2. The molecule has 0 bridgehead atoms. The molecule has 1 amide bonds. The predicted molar refractivity (Wildman–Crippen MR) is 109 cm³/mol. The lowest BCUT2D eigenvalue weighted by Crippen LogP contribution is -2.36. The maximum absolute atomic E-state index is 13.4. The highest BCUT2D eigenvalue weighted by atomic mass is 16.3. The third-order valence-corrected chi connectivity index (χ3v) is 5.84. The van der Waals surface area contributed by atoms with Crippen molar-refractivity contribution in [3.8, 4) is 11.3 Å². The fourth-order valence-corrected chi connectivity index (χ4v) is 3.87. The molecule has 1 aliphatic rings. The smallest absolute Gasteiger partial charge is 0.254 e. The lowest BCUT2D eigenvalue weighted by Gasteiger charge is -2.25. The van der Waals surface area contributed by atoms with E-state index in [0.717, 1.165) is 33.8 Å². The monoisotopic (exact) mass is 380 g/mol. The van der Waals surface area contributed by atoms with Crippen LogP contribution in [0, 0.1) is 19.8 Å². The average Bonchev–Trinajstić information content (AvgIpc) is 3.32. The van der Waals surface area contributed by atoms with Gasteiger partial charge in [-0.1, -0.05) is 0 Å². The van der Waals surface area contributed by atoms with Gasteiger partial charge >= 0.3 is 0 Å². The number of pyridine rings is 1. The third kappa shape index (κ3) is 3.11. The lowest BCUT2D eigenvalue weighted by atomic mass is 10.0. The molecule has 0 N–H and O–H groups in total. The molecule has 6 heteroatoms. The van der Waals surface area contributed by atoms with E-state index in [1.165, 1.54) is 12.8 Å². The Morgan fingerprint density at radius 2 is 1.96 bits per heavy atom.